The fourth-order valence-corrected chi connectivity index (χ4v) is 1.85. The maximum absolute atomic E-state index is 11.9. The lowest BCUT2D eigenvalue weighted by Crippen LogP contribution is -2.52. The highest BCUT2D eigenvalue weighted by Gasteiger charge is 2.21. The van der Waals surface area contributed by atoms with Gasteiger partial charge in [0.05, 0.1) is 26.0 Å². The number of ether oxygens (including phenoxy) is 1. The van der Waals surface area contributed by atoms with Gasteiger partial charge >= 0.3 is 6.03 Å². The van der Waals surface area contributed by atoms with Crippen LogP contribution in [0.5, 0.6) is 0 Å². The monoisotopic (exact) mass is 281 g/mol. The van der Waals surface area contributed by atoms with Crippen molar-refractivity contribution in [3.8, 4) is 0 Å². The Morgan fingerprint density at radius 3 is 2.80 bits per heavy atom. The van der Waals surface area contributed by atoms with E-state index in [1.165, 1.54) is 0 Å². The number of furan rings is 1. The van der Waals surface area contributed by atoms with Crippen molar-refractivity contribution in [3.63, 3.8) is 0 Å². The molecule has 0 spiro atoms. The molecule has 2 N–H and O–H groups in total. The topological polar surface area (TPSA) is 83.8 Å². The van der Waals surface area contributed by atoms with E-state index < -0.39 is 6.04 Å². The van der Waals surface area contributed by atoms with Crippen LogP contribution < -0.4 is 10.6 Å². The first-order valence-electron chi connectivity index (χ1n) is 6.60. The van der Waals surface area contributed by atoms with Crippen molar-refractivity contribution in [2.24, 2.45) is 0 Å². The van der Waals surface area contributed by atoms with E-state index in [1.54, 1.807) is 30.2 Å². The maximum Gasteiger partial charge on any atom is 0.318 e. The highest BCUT2D eigenvalue weighted by atomic mass is 16.5. The summed E-state index contributed by atoms with van der Waals surface area (Å²) in [6.45, 7) is 4.12. The van der Waals surface area contributed by atoms with Crippen LogP contribution in [0.3, 0.4) is 0 Å². The molecule has 110 valence electrons. The quantitative estimate of drug-likeness (QED) is 0.833. The van der Waals surface area contributed by atoms with E-state index in [0.29, 0.717) is 38.6 Å². The number of carbonyl (C=O) groups is 2. The van der Waals surface area contributed by atoms with E-state index in [-0.39, 0.29) is 11.9 Å². The Morgan fingerprint density at radius 2 is 2.15 bits per heavy atom. The Hall–Kier alpha value is -2.02. The first-order valence-corrected chi connectivity index (χ1v) is 6.60. The summed E-state index contributed by atoms with van der Waals surface area (Å²) in [6, 6.07) is 2.69. The SMILES string of the molecule is C[C@@H](NC(=O)N1CCOCC1)C(=O)NCc1ccco1. The summed E-state index contributed by atoms with van der Waals surface area (Å²) in [5.41, 5.74) is 0. The molecule has 1 saturated heterocycles. The molecule has 1 atom stereocenters. The number of carbonyl (C=O) groups excluding carboxylic acids is 2. The molecule has 0 unspecified atom stereocenters. The molecule has 2 rings (SSSR count). The van der Waals surface area contributed by atoms with Crippen molar-refractivity contribution in [3.05, 3.63) is 24.2 Å². The molecule has 0 radical (unpaired) electrons. The fourth-order valence-electron chi connectivity index (χ4n) is 1.85. The molecule has 0 aromatic carbocycles. The largest absolute Gasteiger partial charge is 0.467 e. The van der Waals surface area contributed by atoms with Crippen molar-refractivity contribution < 1.29 is 18.7 Å². The van der Waals surface area contributed by atoms with Crippen LogP contribution in [0.25, 0.3) is 0 Å². The molecule has 20 heavy (non-hydrogen) atoms. The average Bonchev–Trinajstić information content (AvgIpc) is 2.98. The number of morpholine rings is 1. The Bertz CT molecular complexity index is 440. The van der Waals surface area contributed by atoms with Gasteiger partial charge in [0.2, 0.25) is 5.91 Å². The van der Waals surface area contributed by atoms with Gasteiger partial charge in [-0.3, -0.25) is 4.79 Å². The fraction of sp³-hybridized carbons (Fsp3) is 0.538. The lowest BCUT2D eigenvalue weighted by molar-refractivity contribution is -0.122. The minimum Gasteiger partial charge on any atom is -0.467 e. The number of urea groups is 1. The molecule has 7 heteroatoms. The van der Waals surface area contributed by atoms with Crippen LogP contribution in [-0.2, 0) is 16.1 Å². The number of nitrogens with zero attached hydrogens (tertiary/aromatic N) is 1. The van der Waals surface area contributed by atoms with Crippen LogP contribution in [0.15, 0.2) is 22.8 Å². The Balaban J connectivity index is 1.73. The summed E-state index contributed by atoms with van der Waals surface area (Å²) in [6.07, 6.45) is 1.55. The highest BCUT2D eigenvalue weighted by molar-refractivity contribution is 5.86. The van der Waals surface area contributed by atoms with E-state index in [4.69, 9.17) is 9.15 Å². The zero-order chi connectivity index (χ0) is 14.4. The Morgan fingerprint density at radius 1 is 1.40 bits per heavy atom. The molecular formula is C13H19N3O4. The second-order valence-electron chi connectivity index (χ2n) is 4.57. The van der Waals surface area contributed by atoms with Crippen molar-refractivity contribution >= 4 is 11.9 Å². The minimum absolute atomic E-state index is 0.242. The van der Waals surface area contributed by atoms with Gasteiger partial charge in [-0.25, -0.2) is 4.79 Å². The standard InChI is InChI=1S/C13H19N3O4/c1-10(12(17)14-9-11-3-2-6-20-11)15-13(18)16-4-7-19-8-5-16/h2-3,6,10H,4-5,7-9H2,1H3,(H,14,17)(H,15,18)/t10-/m1/s1. The van der Waals surface area contributed by atoms with Crippen molar-refractivity contribution in [2.75, 3.05) is 26.3 Å². The summed E-state index contributed by atoms with van der Waals surface area (Å²) < 4.78 is 10.3. The van der Waals surface area contributed by atoms with Gasteiger partial charge in [-0.2, -0.15) is 0 Å². The van der Waals surface area contributed by atoms with Gasteiger partial charge in [0.1, 0.15) is 11.8 Å². The van der Waals surface area contributed by atoms with Gasteiger partial charge in [-0.1, -0.05) is 0 Å². The lowest BCUT2D eigenvalue weighted by Gasteiger charge is -2.28. The van der Waals surface area contributed by atoms with E-state index in [2.05, 4.69) is 10.6 Å². The lowest BCUT2D eigenvalue weighted by atomic mass is 10.3. The van der Waals surface area contributed by atoms with Crippen molar-refractivity contribution in [1.82, 2.24) is 15.5 Å². The van der Waals surface area contributed by atoms with Gasteiger partial charge in [0, 0.05) is 13.1 Å². The molecule has 0 aliphatic carbocycles. The van der Waals surface area contributed by atoms with E-state index >= 15 is 0 Å². The van der Waals surface area contributed by atoms with E-state index in [1.807, 2.05) is 0 Å². The number of hydrogen-bond donors (Lipinski definition) is 2. The second kappa shape index (κ2) is 6.95. The predicted molar refractivity (Wildman–Crippen MR) is 70.9 cm³/mol. The molecule has 7 nitrogen and oxygen atoms in total. The molecule has 0 saturated carbocycles. The van der Waals surface area contributed by atoms with E-state index in [9.17, 15) is 9.59 Å². The third-order valence-corrected chi connectivity index (χ3v) is 3.05. The summed E-state index contributed by atoms with van der Waals surface area (Å²) in [5.74, 6) is 0.424. The molecule has 3 amide bonds. The van der Waals surface area contributed by atoms with Gasteiger partial charge in [0.25, 0.3) is 0 Å². The zero-order valence-electron chi connectivity index (χ0n) is 11.4. The molecule has 1 aliphatic heterocycles. The molecule has 2 heterocycles. The molecule has 1 aromatic rings. The summed E-state index contributed by atoms with van der Waals surface area (Å²) in [7, 11) is 0. The van der Waals surface area contributed by atoms with Crippen LogP contribution in [0, 0.1) is 0 Å². The molecule has 1 aromatic heterocycles. The van der Waals surface area contributed by atoms with Gasteiger partial charge < -0.3 is 24.7 Å². The molecule has 1 aliphatic rings. The van der Waals surface area contributed by atoms with Crippen molar-refractivity contribution in [1.29, 1.82) is 0 Å². The zero-order valence-corrected chi connectivity index (χ0v) is 11.4. The van der Waals surface area contributed by atoms with Crippen LogP contribution >= 0.6 is 0 Å². The van der Waals surface area contributed by atoms with Crippen molar-refractivity contribution in [2.45, 2.75) is 19.5 Å². The van der Waals surface area contributed by atoms with Crippen LogP contribution in [0.1, 0.15) is 12.7 Å². The normalized spacial score (nSPS) is 16.6. The number of nitrogens with one attached hydrogen (secondary N) is 2. The summed E-state index contributed by atoms with van der Waals surface area (Å²) in [5, 5.41) is 5.37. The number of amides is 3. The first kappa shape index (κ1) is 14.4. The number of hydrogen-bond acceptors (Lipinski definition) is 4. The van der Waals surface area contributed by atoms with Crippen LogP contribution in [0.2, 0.25) is 0 Å². The smallest absolute Gasteiger partial charge is 0.318 e. The maximum atomic E-state index is 11.9. The Kier molecular flexibility index (Phi) is 5.00. The van der Waals surface area contributed by atoms with Crippen LogP contribution in [-0.4, -0.2) is 49.2 Å². The van der Waals surface area contributed by atoms with Gasteiger partial charge in [-0.05, 0) is 19.1 Å². The third kappa shape index (κ3) is 3.99. The van der Waals surface area contributed by atoms with Gasteiger partial charge in [-0.15, -0.1) is 0 Å². The van der Waals surface area contributed by atoms with Gasteiger partial charge in [0.15, 0.2) is 0 Å². The summed E-state index contributed by atoms with van der Waals surface area (Å²) >= 11 is 0. The molecular weight excluding hydrogens is 262 g/mol. The second-order valence-corrected chi connectivity index (χ2v) is 4.57. The molecule has 0 bridgehead atoms. The molecule has 1 fully saturated rings. The summed E-state index contributed by atoms with van der Waals surface area (Å²) in [4.78, 5) is 25.4. The van der Waals surface area contributed by atoms with E-state index in [0.717, 1.165) is 0 Å². The number of rotatable bonds is 4. The minimum atomic E-state index is -0.597. The highest BCUT2D eigenvalue weighted by Crippen LogP contribution is 2.00. The Labute approximate surface area is 117 Å². The third-order valence-electron chi connectivity index (χ3n) is 3.05. The predicted octanol–water partition coefficient (Wildman–Crippen LogP) is 0.326. The average molecular weight is 281 g/mol. The first-order chi connectivity index (χ1) is 9.66. The van der Waals surface area contributed by atoms with Crippen LogP contribution in [0.4, 0.5) is 4.79 Å².